The predicted octanol–water partition coefficient (Wildman–Crippen LogP) is 6.31. The van der Waals surface area contributed by atoms with Gasteiger partial charge in [-0.05, 0) is 74.8 Å². The molecule has 5 rings (SSSR count). The molecule has 0 spiro atoms. The van der Waals surface area contributed by atoms with Crippen LogP contribution >= 0.6 is 11.3 Å². The van der Waals surface area contributed by atoms with Crippen molar-refractivity contribution >= 4 is 28.0 Å². The molecule has 5 heteroatoms. The molecule has 0 N–H and O–H groups in total. The first-order chi connectivity index (χ1) is 16.0. The number of fused-ring (bicyclic) bond motifs is 1. The molecule has 2 fully saturated rings. The number of aryl methyl sites for hydroxylation is 2. The predicted molar refractivity (Wildman–Crippen MR) is 138 cm³/mol. The monoisotopic (exact) mass is 461 g/mol. The molecule has 1 aliphatic carbocycles. The third kappa shape index (κ3) is 4.71. The summed E-state index contributed by atoms with van der Waals surface area (Å²) in [5.41, 5.74) is 3.24. The van der Waals surface area contributed by atoms with E-state index in [2.05, 4.69) is 60.0 Å². The minimum atomic E-state index is 0.162. The van der Waals surface area contributed by atoms with Crippen molar-refractivity contribution in [3.05, 3.63) is 52.5 Å². The molecular weight excluding hydrogens is 426 g/mol. The highest BCUT2D eigenvalue weighted by molar-refractivity contribution is 7.17. The number of benzene rings is 2. The highest BCUT2D eigenvalue weighted by Gasteiger charge is 2.32. The molecule has 3 aromatic rings. The van der Waals surface area contributed by atoms with Crippen molar-refractivity contribution in [3.8, 4) is 10.6 Å². The van der Waals surface area contributed by atoms with Gasteiger partial charge in [-0.3, -0.25) is 9.69 Å². The minimum Gasteiger partial charge on any atom is -0.338 e. The fourth-order valence-electron chi connectivity index (χ4n) is 5.27. The smallest absolute Gasteiger partial charge is 0.265 e. The Morgan fingerprint density at radius 1 is 1.06 bits per heavy atom. The van der Waals surface area contributed by atoms with Crippen molar-refractivity contribution in [3.63, 3.8) is 0 Å². The van der Waals surface area contributed by atoms with Gasteiger partial charge in [0, 0.05) is 31.2 Å². The molecule has 1 aromatic heterocycles. The fraction of sp³-hybridized carbons (Fsp3) is 0.500. The van der Waals surface area contributed by atoms with Crippen LogP contribution in [0.2, 0.25) is 0 Å². The van der Waals surface area contributed by atoms with Crippen LogP contribution < -0.4 is 0 Å². The maximum absolute atomic E-state index is 13.5. The number of piperidine rings is 1. The van der Waals surface area contributed by atoms with Crippen LogP contribution in [0.4, 0.5) is 0 Å². The lowest BCUT2D eigenvalue weighted by atomic mass is 10.0. The van der Waals surface area contributed by atoms with E-state index in [1.54, 1.807) is 11.3 Å². The number of likely N-dealkylation sites (tertiary alicyclic amines) is 1. The number of rotatable bonds is 7. The summed E-state index contributed by atoms with van der Waals surface area (Å²) in [5.74, 6) is 1.09. The molecule has 174 valence electrons. The van der Waals surface area contributed by atoms with Gasteiger partial charge >= 0.3 is 0 Å². The van der Waals surface area contributed by atoms with Crippen LogP contribution in [0.5, 0.6) is 0 Å². The lowest BCUT2D eigenvalue weighted by Gasteiger charge is -2.38. The summed E-state index contributed by atoms with van der Waals surface area (Å²) >= 11 is 1.55. The normalized spacial score (nSPS) is 17.3. The zero-order valence-electron chi connectivity index (χ0n) is 20.1. The van der Waals surface area contributed by atoms with E-state index in [9.17, 15) is 4.79 Å². The summed E-state index contributed by atoms with van der Waals surface area (Å²) in [6, 6.07) is 13.4. The van der Waals surface area contributed by atoms with E-state index < -0.39 is 0 Å². The number of thiazole rings is 1. The van der Waals surface area contributed by atoms with Gasteiger partial charge in [0.1, 0.15) is 9.88 Å². The molecular formula is C28H35N3OS. The molecule has 1 saturated carbocycles. The number of nitrogens with zero attached hydrogens (tertiary/aromatic N) is 3. The molecule has 2 aromatic carbocycles. The molecule has 1 amide bonds. The molecule has 2 heterocycles. The Kier molecular flexibility index (Phi) is 6.53. The molecule has 4 nitrogen and oxygen atoms in total. The zero-order chi connectivity index (χ0) is 22.9. The first kappa shape index (κ1) is 22.5. The topological polar surface area (TPSA) is 36.4 Å². The average molecular weight is 462 g/mol. The van der Waals surface area contributed by atoms with Crippen LogP contribution in [0.25, 0.3) is 21.3 Å². The van der Waals surface area contributed by atoms with E-state index >= 15 is 0 Å². The fourth-order valence-corrected chi connectivity index (χ4v) is 6.34. The van der Waals surface area contributed by atoms with Gasteiger partial charge in [-0.15, -0.1) is 11.3 Å². The Balaban J connectivity index is 1.31. The number of carbonyl (C=O) groups excluding carboxylic acids is 1. The number of hydrogen-bond acceptors (Lipinski definition) is 4. The minimum absolute atomic E-state index is 0.162. The Bertz CT molecular complexity index is 1140. The summed E-state index contributed by atoms with van der Waals surface area (Å²) in [6.45, 7) is 10.6. The molecule has 33 heavy (non-hydrogen) atoms. The highest BCUT2D eigenvalue weighted by Crippen LogP contribution is 2.36. The molecule has 0 radical (unpaired) electrons. The van der Waals surface area contributed by atoms with Gasteiger partial charge in [-0.25, -0.2) is 4.98 Å². The molecule has 0 bridgehead atoms. The molecule has 1 saturated heterocycles. The van der Waals surface area contributed by atoms with Crippen LogP contribution in [0.1, 0.15) is 60.0 Å². The van der Waals surface area contributed by atoms with Gasteiger partial charge < -0.3 is 4.90 Å². The van der Waals surface area contributed by atoms with E-state index in [-0.39, 0.29) is 5.91 Å². The maximum Gasteiger partial charge on any atom is 0.265 e. The molecule has 1 aliphatic heterocycles. The van der Waals surface area contributed by atoms with Gasteiger partial charge in [-0.2, -0.15) is 0 Å². The van der Waals surface area contributed by atoms with Crippen LogP contribution in [0.15, 0.2) is 36.4 Å². The first-order valence-electron chi connectivity index (χ1n) is 12.5. The van der Waals surface area contributed by atoms with Crippen molar-refractivity contribution in [2.75, 3.05) is 26.2 Å². The van der Waals surface area contributed by atoms with Crippen molar-refractivity contribution < 1.29 is 4.79 Å². The maximum atomic E-state index is 13.5. The van der Waals surface area contributed by atoms with Gasteiger partial charge in [-0.1, -0.05) is 43.3 Å². The standard InChI is InChI=1S/C28H35N3OS/c1-4-15-31(18-21-10-11-21)22-13-16-30(17-14-22)28(32)26-20(3)29-27(33-26)25-12-9-19(2)23-7-5-6-8-24(23)25/h5-9,12,21-22H,4,10-11,13-18H2,1-3H3. The van der Waals surface area contributed by atoms with Crippen LogP contribution in [0, 0.1) is 19.8 Å². The van der Waals surface area contributed by atoms with E-state index in [0.29, 0.717) is 6.04 Å². The Morgan fingerprint density at radius 3 is 2.48 bits per heavy atom. The van der Waals surface area contributed by atoms with E-state index in [4.69, 9.17) is 4.98 Å². The quantitative estimate of drug-likeness (QED) is 0.414. The summed E-state index contributed by atoms with van der Waals surface area (Å²) in [5, 5.41) is 3.40. The number of hydrogen-bond donors (Lipinski definition) is 0. The third-order valence-electron chi connectivity index (χ3n) is 7.33. The number of amides is 1. The van der Waals surface area contributed by atoms with Crippen LogP contribution in [-0.4, -0.2) is 52.9 Å². The SMILES string of the molecule is CCCN(CC1CC1)C1CCN(C(=O)c2sc(-c3ccc(C)c4ccccc34)nc2C)CC1. The second-order valence-corrected chi connectivity index (χ2v) is 10.9. The van der Waals surface area contributed by atoms with Crippen molar-refractivity contribution in [1.82, 2.24) is 14.8 Å². The van der Waals surface area contributed by atoms with E-state index in [1.165, 1.54) is 48.7 Å². The van der Waals surface area contributed by atoms with Gasteiger partial charge in [0.2, 0.25) is 0 Å². The zero-order valence-corrected chi connectivity index (χ0v) is 21.0. The Hall–Kier alpha value is -2.24. The molecule has 2 aliphatic rings. The van der Waals surface area contributed by atoms with Crippen molar-refractivity contribution in [2.45, 2.75) is 58.9 Å². The molecule has 0 atom stereocenters. The lowest BCUT2D eigenvalue weighted by Crippen LogP contribution is -2.47. The second-order valence-electron chi connectivity index (χ2n) is 9.87. The number of carbonyl (C=O) groups is 1. The van der Waals surface area contributed by atoms with Crippen LogP contribution in [0.3, 0.4) is 0 Å². The van der Waals surface area contributed by atoms with E-state index in [0.717, 1.165) is 53.0 Å². The van der Waals surface area contributed by atoms with Crippen molar-refractivity contribution in [2.24, 2.45) is 5.92 Å². The van der Waals surface area contributed by atoms with Crippen LogP contribution in [-0.2, 0) is 0 Å². The Morgan fingerprint density at radius 2 is 1.79 bits per heavy atom. The highest BCUT2D eigenvalue weighted by atomic mass is 32.1. The average Bonchev–Trinajstić information content (AvgIpc) is 3.58. The Labute approximate surface area is 201 Å². The third-order valence-corrected chi connectivity index (χ3v) is 8.51. The summed E-state index contributed by atoms with van der Waals surface area (Å²) in [7, 11) is 0. The summed E-state index contributed by atoms with van der Waals surface area (Å²) in [4.78, 5) is 23.9. The summed E-state index contributed by atoms with van der Waals surface area (Å²) in [6.07, 6.45) is 6.20. The van der Waals surface area contributed by atoms with E-state index in [1.807, 2.05) is 6.92 Å². The number of aromatic nitrogens is 1. The van der Waals surface area contributed by atoms with Gasteiger partial charge in [0.05, 0.1) is 5.69 Å². The molecule has 0 unspecified atom stereocenters. The largest absolute Gasteiger partial charge is 0.338 e. The first-order valence-corrected chi connectivity index (χ1v) is 13.4. The van der Waals surface area contributed by atoms with Crippen molar-refractivity contribution in [1.29, 1.82) is 0 Å². The van der Waals surface area contributed by atoms with Gasteiger partial charge in [0.25, 0.3) is 5.91 Å². The van der Waals surface area contributed by atoms with Gasteiger partial charge in [0.15, 0.2) is 0 Å². The summed E-state index contributed by atoms with van der Waals surface area (Å²) < 4.78 is 0. The second kappa shape index (κ2) is 9.55. The lowest BCUT2D eigenvalue weighted by molar-refractivity contribution is 0.0615.